The fourth-order valence-corrected chi connectivity index (χ4v) is 2.18. The molecule has 0 saturated heterocycles. The smallest absolute Gasteiger partial charge is 1.00 e. The monoisotopic (exact) mass is 490 g/mol. The molecule has 0 aliphatic rings. The topological polar surface area (TPSA) is 0 Å². The van der Waals surface area contributed by atoms with Gasteiger partial charge in [0.25, 0.3) is 0 Å². The van der Waals surface area contributed by atoms with Gasteiger partial charge in [-0.25, -0.2) is 0 Å². The quantitative estimate of drug-likeness (QED) is 0.467. The molecule has 0 nitrogen and oxygen atoms in total. The molecule has 0 saturated carbocycles. The maximum Gasteiger partial charge on any atom is 4.00 e. The summed E-state index contributed by atoms with van der Waals surface area (Å²) in [4.78, 5) is 1.83. The van der Waals surface area contributed by atoms with Crippen LogP contribution in [0.4, 0.5) is 0 Å². The summed E-state index contributed by atoms with van der Waals surface area (Å²) >= 11 is 9.99. The van der Waals surface area contributed by atoms with E-state index in [0.717, 1.165) is 9.79 Å². The Morgan fingerprint density at radius 2 is 0.720 bits per heavy atom. The van der Waals surface area contributed by atoms with Gasteiger partial charge in [-0.3, -0.25) is 0 Å². The van der Waals surface area contributed by atoms with Crippen LogP contribution in [-0.4, -0.2) is 0 Å². The van der Waals surface area contributed by atoms with E-state index >= 15 is 0 Å². The van der Waals surface area contributed by atoms with Crippen molar-refractivity contribution >= 4 is 25.3 Å². The minimum atomic E-state index is 0. The van der Waals surface area contributed by atoms with E-state index < -0.39 is 0 Å². The van der Waals surface area contributed by atoms with Crippen LogP contribution in [0.3, 0.4) is 0 Å². The van der Waals surface area contributed by atoms with E-state index in [-0.39, 0.29) is 61.8 Å². The van der Waals surface area contributed by atoms with Crippen molar-refractivity contribution < 1.29 is 51.0 Å². The molecular formula is C20H26Cl2S2Zr. The summed E-state index contributed by atoms with van der Waals surface area (Å²) in [6.07, 6.45) is 0. The third kappa shape index (κ3) is 11.6. The van der Waals surface area contributed by atoms with Crippen LogP contribution in [0.25, 0.3) is 0 Å². The zero-order valence-electron chi connectivity index (χ0n) is 15.7. The summed E-state index contributed by atoms with van der Waals surface area (Å²) in [6.45, 7) is 13.2. The summed E-state index contributed by atoms with van der Waals surface area (Å²) in [5.41, 5.74) is 3.16. The van der Waals surface area contributed by atoms with Crippen molar-refractivity contribution in [3.63, 3.8) is 0 Å². The first-order valence-corrected chi connectivity index (χ1v) is 8.37. The maximum atomic E-state index is 4.99. The van der Waals surface area contributed by atoms with Gasteiger partial charge in [0.1, 0.15) is 0 Å². The number of hydrogen-bond acceptors (Lipinski definition) is 2. The Hall–Kier alpha value is 0.343. The molecule has 2 rings (SSSR count). The molecule has 0 heterocycles. The molecule has 0 aliphatic heterocycles. The Bertz CT molecular complexity index is 528. The van der Waals surface area contributed by atoms with Gasteiger partial charge in [0, 0.05) is 0 Å². The third-order valence-corrected chi connectivity index (χ3v) is 3.99. The van der Waals surface area contributed by atoms with Gasteiger partial charge in [-0.2, -0.15) is 9.79 Å². The molecule has 2 aromatic rings. The van der Waals surface area contributed by atoms with E-state index in [1.165, 1.54) is 11.1 Å². The average molecular weight is 493 g/mol. The molecule has 0 amide bonds. The summed E-state index contributed by atoms with van der Waals surface area (Å²) in [5, 5.41) is 0. The molecule has 0 radical (unpaired) electrons. The first-order valence-electron chi connectivity index (χ1n) is 7.55. The van der Waals surface area contributed by atoms with Crippen LogP contribution >= 0.6 is 0 Å². The predicted molar refractivity (Wildman–Crippen MR) is 102 cm³/mol. The second kappa shape index (κ2) is 12.7. The van der Waals surface area contributed by atoms with Crippen LogP contribution in [-0.2, 0) is 62.3 Å². The van der Waals surface area contributed by atoms with Crippen molar-refractivity contribution in [2.75, 3.05) is 0 Å². The molecular weight excluding hydrogens is 466 g/mol. The van der Waals surface area contributed by atoms with Crippen LogP contribution in [0, 0.1) is 0 Å². The largest absolute Gasteiger partial charge is 4.00 e. The van der Waals surface area contributed by atoms with Crippen molar-refractivity contribution in [3.05, 3.63) is 59.7 Å². The van der Waals surface area contributed by atoms with E-state index in [0.29, 0.717) is 0 Å². The molecule has 0 aromatic heterocycles. The van der Waals surface area contributed by atoms with Crippen LogP contribution in [0.1, 0.15) is 52.7 Å². The standard InChI is InChI=1S/2C10H14S.2ClH.Zr/c2*1-10(2,3)8-4-6-9(11)7-5-8;;;/h2*4-7,11H,1-3H3;2*1H;/q;;;;+4/p-4. The van der Waals surface area contributed by atoms with Crippen molar-refractivity contribution in [3.8, 4) is 0 Å². The molecule has 0 N–H and O–H groups in total. The summed E-state index contributed by atoms with van der Waals surface area (Å²) in [5.74, 6) is 0. The Balaban J connectivity index is -0.000000346. The molecule has 2 aromatic carbocycles. The van der Waals surface area contributed by atoms with Crippen molar-refractivity contribution in [2.45, 2.75) is 62.2 Å². The van der Waals surface area contributed by atoms with Gasteiger partial charge in [-0.15, -0.1) is 0 Å². The predicted octanol–water partition coefficient (Wildman–Crippen LogP) is -0.215. The number of rotatable bonds is 0. The van der Waals surface area contributed by atoms with E-state index in [4.69, 9.17) is 25.3 Å². The number of hydrogen-bond donors (Lipinski definition) is 0. The maximum absolute atomic E-state index is 4.99. The van der Waals surface area contributed by atoms with Crippen molar-refractivity contribution in [2.24, 2.45) is 0 Å². The minimum Gasteiger partial charge on any atom is -1.00 e. The third-order valence-electron chi connectivity index (χ3n) is 3.44. The molecule has 0 unspecified atom stereocenters. The van der Waals surface area contributed by atoms with Crippen molar-refractivity contribution in [1.29, 1.82) is 0 Å². The molecule has 0 atom stereocenters. The van der Waals surface area contributed by atoms with E-state index in [2.05, 4.69) is 65.8 Å². The van der Waals surface area contributed by atoms with Gasteiger partial charge in [0.2, 0.25) is 0 Å². The van der Waals surface area contributed by atoms with Gasteiger partial charge in [0.15, 0.2) is 0 Å². The van der Waals surface area contributed by atoms with Crippen LogP contribution in [0.5, 0.6) is 0 Å². The Morgan fingerprint density at radius 3 is 0.880 bits per heavy atom. The zero-order valence-corrected chi connectivity index (χ0v) is 21.3. The van der Waals surface area contributed by atoms with Gasteiger partial charge in [0.05, 0.1) is 0 Å². The van der Waals surface area contributed by atoms with Gasteiger partial charge >= 0.3 is 26.2 Å². The molecule has 25 heavy (non-hydrogen) atoms. The summed E-state index contributed by atoms with van der Waals surface area (Å²) in [6, 6.07) is 16.3. The zero-order chi connectivity index (χ0) is 17.0. The number of halogens is 2. The second-order valence-corrected chi connectivity index (χ2v) is 8.49. The average Bonchev–Trinajstić information content (AvgIpc) is 2.38. The Labute approximate surface area is 196 Å². The van der Waals surface area contributed by atoms with Crippen LogP contribution in [0.15, 0.2) is 58.3 Å². The Morgan fingerprint density at radius 1 is 0.520 bits per heavy atom. The summed E-state index contributed by atoms with van der Waals surface area (Å²) in [7, 11) is 0. The van der Waals surface area contributed by atoms with E-state index in [9.17, 15) is 0 Å². The van der Waals surface area contributed by atoms with Gasteiger partial charge in [-0.05, 0) is 22.0 Å². The first-order chi connectivity index (χ1) is 10.00. The molecule has 0 fully saturated rings. The van der Waals surface area contributed by atoms with Crippen LogP contribution in [0.2, 0.25) is 0 Å². The summed E-state index contributed by atoms with van der Waals surface area (Å²) < 4.78 is 0. The molecule has 0 spiro atoms. The Kier molecular flexibility index (Phi) is 15.3. The van der Waals surface area contributed by atoms with Crippen LogP contribution < -0.4 is 24.8 Å². The SMILES string of the molecule is CC(C)(C)c1ccc([S-])cc1.CC(C)(C)c1ccc([S-])cc1.[Cl-].[Cl-].[Zr+4]. The minimum absolute atomic E-state index is 0. The van der Waals surface area contributed by atoms with Gasteiger partial charge in [-0.1, -0.05) is 90.1 Å². The first kappa shape index (κ1) is 30.1. The molecule has 0 aliphatic carbocycles. The molecule has 0 bridgehead atoms. The number of benzene rings is 2. The molecule has 5 heteroatoms. The van der Waals surface area contributed by atoms with Crippen molar-refractivity contribution in [1.82, 2.24) is 0 Å². The fourth-order valence-electron chi connectivity index (χ4n) is 1.91. The normalized spacial score (nSPS) is 10.2. The molecule has 136 valence electrons. The fraction of sp³-hybridized carbons (Fsp3) is 0.400. The van der Waals surface area contributed by atoms with E-state index in [1.807, 2.05) is 24.3 Å². The second-order valence-electron chi connectivity index (χ2n) is 7.55. The van der Waals surface area contributed by atoms with Gasteiger partial charge < -0.3 is 50.1 Å². The van der Waals surface area contributed by atoms with E-state index in [1.54, 1.807) is 0 Å².